The van der Waals surface area contributed by atoms with Crippen molar-refractivity contribution in [3.05, 3.63) is 52.1 Å². The van der Waals surface area contributed by atoms with Gasteiger partial charge in [0.1, 0.15) is 0 Å². The molecule has 4 nitrogen and oxygen atoms in total. The molecule has 4 heteroatoms. The third-order valence-corrected chi connectivity index (χ3v) is 3.60. The molecule has 3 rings (SSSR count). The SMILES string of the molecule is CCn1c2ccc([N+](=O)[O-])cc2c2cccc(C)c21. The summed E-state index contributed by atoms with van der Waals surface area (Å²) in [6, 6.07) is 11.2. The van der Waals surface area contributed by atoms with Crippen LogP contribution in [0.4, 0.5) is 5.69 Å². The first-order valence-corrected chi connectivity index (χ1v) is 6.29. The molecular weight excluding hydrogens is 240 g/mol. The van der Waals surface area contributed by atoms with Crippen molar-refractivity contribution >= 4 is 27.5 Å². The van der Waals surface area contributed by atoms with Gasteiger partial charge in [-0.3, -0.25) is 10.1 Å². The second kappa shape index (κ2) is 4.09. The van der Waals surface area contributed by atoms with Gasteiger partial charge >= 0.3 is 0 Å². The number of hydrogen-bond donors (Lipinski definition) is 0. The van der Waals surface area contributed by atoms with E-state index in [1.165, 1.54) is 11.1 Å². The van der Waals surface area contributed by atoms with Crippen LogP contribution in [0.5, 0.6) is 0 Å². The van der Waals surface area contributed by atoms with Gasteiger partial charge in [0.2, 0.25) is 0 Å². The molecule has 0 fully saturated rings. The Hall–Kier alpha value is -2.36. The monoisotopic (exact) mass is 254 g/mol. The lowest BCUT2D eigenvalue weighted by atomic mass is 10.1. The number of fused-ring (bicyclic) bond motifs is 3. The Bertz CT molecular complexity index is 803. The van der Waals surface area contributed by atoms with Crippen molar-refractivity contribution in [2.45, 2.75) is 20.4 Å². The Kier molecular flexibility index (Phi) is 2.52. The molecule has 19 heavy (non-hydrogen) atoms. The van der Waals surface area contributed by atoms with Gasteiger partial charge in [-0.05, 0) is 25.5 Å². The summed E-state index contributed by atoms with van der Waals surface area (Å²) in [5, 5.41) is 13.0. The molecule has 0 aliphatic heterocycles. The van der Waals surface area contributed by atoms with Crippen LogP contribution in [0.15, 0.2) is 36.4 Å². The Morgan fingerprint density at radius 3 is 2.68 bits per heavy atom. The van der Waals surface area contributed by atoms with Crippen LogP contribution in [0.1, 0.15) is 12.5 Å². The molecule has 0 radical (unpaired) electrons. The zero-order valence-electron chi connectivity index (χ0n) is 10.9. The van der Waals surface area contributed by atoms with Gasteiger partial charge in [-0.1, -0.05) is 18.2 Å². The lowest BCUT2D eigenvalue weighted by Gasteiger charge is -2.04. The van der Waals surface area contributed by atoms with Gasteiger partial charge in [0.05, 0.1) is 10.4 Å². The van der Waals surface area contributed by atoms with Crippen molar-refractivity contribution in [1.29, 1.82) is 0 Å². The highest BCUT2D eigenvalue weighted by atomic mass is 16.6. The molecule has 0 N–H and O–H groups in total. The van der Waals surface area contributed by atoms with E-state index < -0.39 is 0 Å². The van der Waals surface area contributed by atoms with E-state index in [2.05, 4.69) is 24.5 Å². The number of nitro benzene ring substituents is 1. The zero-order valence-corrected chi connectivity index (χ0v) is 10.9. The van der Waals surface area contributed by atoms with E-state index in [-0.39, 0.29) is 10.6 Å². The third-order valence-electron chi connectivity index (χ3n) is 3.60. The lowest BCUT2D eigenvalue weighted by Crippen LogP contribution is -1.94. The van der Waals surface area contributed by atoms with E-state index in [4.69, 9.17) is 0 Å². The maximum absolute atomic E-state index is 10.9. The maximum atomic E-state index is 10.9. The predicted octanol–water partition coefficient (Wildman–Crippen LogP) is 4.03. The highest BCUT2D eigenvalue weighted by molar-refractivity contribution is 6.09. The van der Waals surface area contributed by atoms with Crippen LogP contribution >= 0.6 is 0 Å². The Labute approximate surface area is 110 Å². The van der Waals surface area contributed by atoms with Gasteiger partial charge < -0.3 is 4.57 Å². The first kappa shape index (κ1) is 11.7. The molecule has 1 heterocycles. The summed E-state index contributed by atoms with van der Waals surface area (Å²) in [7, 11) is 0. The van der Waals surface area contributed by atoms with Crippen molar-refractivity contribution in [2.24, 2.45) is 0 Å². The molecule has 1 aromatic heterocycles. The summed E-state index contributed by atoms with van der Waals surface area (Å²) in [6.07, 6.45) is 0. The summed E-state index contributed by atoms with van der Waals surface area (Å²) >= 11 is 0. The van der Waals surface area contributed by atoms with Gasteiger partial charge in [-0.15, -0.1) is 0 Å². The molecule has 0 bridgehead atoms. The largest absolute Gasteiger partial charge is 0.341 e. The van der Waals surface area contributed by atoms with Gasteiger partial charge in [0, 0.05) is 35.0 Å². The molecule has 96 valence electrons. The van der Waals surface area contributed by atoms with Crippen LogP contribution in [0.3, 0.4) is 0 Å². The number of hydrogen-bond acceptors (Lipinski definition) is 2. The van der Waals surface area contributed by atoms with Crippen LogP contribution in [0.2, 0.25) is 0 Å². The highest BCUT2D eigenvalue weighted by Gasteiger charge is 2.14. The Morgan fingerprint density at radius 2 is 2.00 bits per heavy atom. The minimum Gasteiger partial charge on any atom is -0.341 e. The highest BCUT2D eigenvalue weighted by Crippen LogP contribution is 2.33. The second-order valence-electron chi connectivity index (χ2n) is 4.67. The molecule has 0 aliphatic carbocycles. The van der Waals surface area contributed by atoms with Crippen molar-refractivity contribution in [3.63, 3.8) is 0 Å². The van der Waals surface area contributed by atoms with Crippen LogP contribution in [0, 0.1) is 17.0 Å². The molecule has 0 saturated heterocycles. The average Bonchev–Trinajstić information content (AvgIpc) is 2.73. The molecule has 2 aromatic carbocycles. The summed E-state index contributed by atoms with van der Waals surface area (Å²) in [4.78, 5) is 10.6. The number of nitro groups is 1. The molecule has 0 amide bonds. The molecule has 0 atom stereocenters. The summed E-state index contributed by atoms with van der Waals surface area (Å²) in [6.45, 7) is 5.01. The smallest absolute Gasteiger partial charge is 0.270 e. The average molecular weight is 254 g/mol. The number of nitrogens with zero attached hydrogens (tertiary/aromatic N) is 2. The van der Waals surface area contributed by atoms with Gasteiger partial charge in [0.25, 0.3) is 5.69 Å². The van der Waals surface area contributed by atoms with E-state index in [0.717, 1.165) is 22.8 Å². The lowest BCUT2D eigenvalue weighted by molar-refractivity contribution is -0.384. The van der Waals surface area contributed by atoms with E-state index >= 15 is 0 Å². The number of benzene rings is 2. The maximum Gasteiger partial charge on any atom is 0.270 e. The quantitative estimate of drug-likeness (QED) is 0.512. The summed E-state index contributed by atoms with van der Waals surface area (Å²) in [5.41, 5.74) is 3.56. The number of rotatable bonds is 2. The van der Waals surface area contributed by atoms with Gasteiger partial charge in [-0.2, -0.15) is 0 Å². The standard InChI is InChI=1S/C15H14N2O2/c1-3-16-14-8-7-11(17(18)19)9-13(14)12-6-4-5-10(2)15(12)16/h4-9H,3H2,1-2H3. The summed E-state index contributed by atoms with van der Waals surface area (Å²) < 4.78 is 2.21. The van der Waals surface area contributed by atoms with Crippen LogP contribution in [0.25, 0.3) is 21.8 Å². The second-order valence-corrected chi connectivity index (χ2v) is 4.67. The summed E-state index contributed by atoms with van der Waals surface area (Å²) in [5.74, 6) is 0. The fourth-order valence-electron chi connectivity index (χ4n) is 2.77. The van der Waals surface area contributed by atoms with E-state index in [0.29, 0.717) is 0 Å². The van der Waals surface area contributed by atoms with E-state index in [9.17, 15) is 10.1 Å². The van der Waals surface area contributed by atoms with Gasteiger partial charge in [0.15, 0.2) is 0 Å². The van der Waals surface area contributed by atoms with Crippen LogP contribution in [-0.4, -0.2) is 9.49 Å². The fraction of sp³-hybridized carbons (Fsp3) is 0.200. The Balaban J connectivity index is 2.52. The van der Waals surface area contributed by atoms with Crippen molar-refractivity contribution in [2.75, 3.05) is 0 Å². The van der Waals surface area contributed by atoms with Gasteiger partial charge in [-0.25, -0.2) is 0 Å². The first-order chi connectivity index (χ1) is 9.13. The van der Waals surface area contributed by atoms with E-state index in [1.807, 2.05) is 18.2 Å². The number of aromatic nitrogens is 1. The molecular formula is C15H14N2O2. The molecule has 3 aromatic rings. The topological polar surface area (TPSA) is 48.1 Å². The number of aryl methyl sites for hydroxylation is 2. The fourth-order valence-corrected chi connectivity index (χ4v) is 2.77. The van der Waals surface area contributed by atoms with Crippen molar-refractivity contribution in [3.8, 4) is 0 Å². The van der Waals surface area contributed by atoms with Crippen LogP contribution < -0.4 is 0 Å². The molecule has 0 unspecified atom stereocenters. The molecule has 0 saturated carbocycles. The third kappa shape index (κ3) is 1.60. The predicted molar refractivity (Wildman–Crippen MR) is 76.5 cm³/mol. The van der Waals surface area contributed by atoms with Crippen LogP contribution in [-0.2, 0) is 6.54 Å². The normalized spacial score (nSPS) is 11.3. The Morgan fingerprint density at radius 1 is 1.21 bits per heavy atom. The minimum absolute atomic E-state index is 0.143. The van der Waals surface area contributed by atoms with Crippen molar-refractivity contribution in [1.82, 2.24) is 4.57 Å². The molecule has 0 aliphatic rings. The zero-order chi connectivity index (χ0) is 13.6. The molecule has 0 spiro atoms. The number of para-hydroxylation sites is 1. The van der Waals surface area contributed by atoms with Crippen molar-refractivity contribution < 1.29 is 4.92 Å². The number of non-ortho nitro benzene ring substituents is 1. The first-order valence-electron chi connectivity index (χ1n) is 6.29. The minimum atomic E-state index is -0.343. The van der Waals surface area contributed by atoms with E-state index in [1.54, 1.807) is 12.1 Å².